The normalized spacial score (nSPS) is 12.1. The number of hydrogen-bond donors (Lipinski definition) is 1. The van der Waals surface area contributed by atoms with Crippen LogP contribution in [-0.4, -0.2) is 19.9 Å². The van der Waals surface area contributed by atoms with Crippen molar-refractivity contribution < 1.29 is 0 Å². The number of nitrogens with zero attached hydrogens (tertiary/aromatic N) is 4. The zero-order valence-corrected chi connectivity index (χ0v) is 19.2. The van der Waals surface area contributed by atoms with Gasteiger partial charge in [0.2, 0.25) is 0 Å². The van der Waals surface area contributed by atoms with Crippen LogP contribution in [0.1, 0.15) is 24.4 Å². The number of hydrogen-bond acceptors (Lipinski definition) is 6. The highest BCUT2D eigenvalue weighted by Gasteiger charge is 2.11. The van der Waals surface area contributed by atoms with Crippen LogP contribution in [0.3, 0.4) is 0 Å². The third-order valence-corrected chi connectivity index (χ3v) is 6.29. The zero-order valence-electron chi connectivity index (χ0n) is 17.6. The van der Waals surface area contributed by atoms with Crippen molar-refractivity contribution in [3.05, 3.63) is 88.9 Å². The van der Waals surface area contributed by atoms with Crippen LogP contribution in [0.15, 0.2) is 72.4 Å². The number of aryl methyl sites for hydroxylation is 1. The molecule has 3 aromatic heterocycles. The molecule has 0 spiro atoms. The van der Waals surface area contributed by atoms with Gasteiger partial charge in [0.05, 0.1) is 21.4 Å². The number of pyridine rings is 1. The van der Waals surface area contributed by atoms with Crippen molar-refractivity contribution in [3.8, 4) is 22.4 Å². The van der Waals surface area contributed by atoms with Crippen molar-refractivity contribution in [3.63, 3.8) is 0 Å². The first-order chi connectivity index (χ1) is 15.5. The van der Waals surface area contributed by atoms with E-state index in [0.29, 0.717) is 5.15 Å². The third kappa shape index (κ3) is 4.33. The highest BCUT2D eigenvalue weighted by molar-refractivity contribution is 7.16. The molecule has 0 aliphatic carbocycles. The fourth-order valence-electron chi connectivity index (χ4n) is 3.64. The predicted molar refractivity (Wildman–Crippen MR) is 132 cm³/mol. The van der Waals surface area contributed by atoms with Gasteiger partial charge in [0, 0.05) is 29.4 Å². The standard InChI is InChI=1S/C25H20ClN5S/c1-15(17-4-3-5-18(10-17)20-7-9-24(26)27-13-20)29-25-12-22(30-16(2)31-25)19-6-8-21-23(11-19)32-14-28-21/h3-15H,1-2H3,(H,29,30,31)/t15-/m0/s1. The van der Waals surface area contributed by atoms with Gasteiger partial charge < -0.3 is 5.32 Å². The predicted octanol–water partition coefficient (Wildman–Crippen LogP) is 6.95. The number of thiazole rings is 1. The number of anilines is 1. The molecular formula is C25H20ClN5S. The van der Waals surface area contributed by atoms with Gasteiger partial charge in [-0.1, -0.05) is 35.9 Å². The first-order valence-electron chi connectivity index (χ1n) is 10.2. The highest BCUT2D eigenvalue weighted by atomic mass is 35.5. The molecule has 2 aromatic carbocycles. The largest absolute Gasteiger partial charge is 0.363 e. The van der Waals surface area contributed by atoms with Gasteiger partial charge in [0.1, 0.15) is 16.8 Å². The van der Waals surface area contributed by atoms with Crippen LogP contribution in [0.2, 0.25) is 5.15 Å². The van der Waals surface area contributed by atoms with Crippen molar-refractivity contribution in [2.24, 2.45) is 0 Å². The Bertz CT molecular complexity index is 1400. The molecule has 32 heavy (non-hydrogen) atoms. The number of rotatable bonds is 5. The fraction of sp³-hybridized carbons (Fsp3) is 0.120. The van der Waals surface area contributed by atoms with Gasteiger partial charge >= 0.3 is 0 Å². The van der Waals surface area contributed by atoms with E-state index in [2.05, 4.69) is 68.6 Å². The highest BCUT2D eigenvalue weighted by Crippen LogP contribution is 2.28. The lowest BCUT2D eigenvalue weighted by Crippen LogP contribution is -2.09. The lowest BCUT2D eigenvalue weighted by molar-refractivity contribution is 0.868. The molecule has 0 saturated carbocycles. The minimum absolute atomic E-state index is 0.0568. The van der Waals surface area contributed by atoms with Crippen LogP contribution in [0.5, 0.6) is 0 Å². The molecule has 0 unspecified atom stereocenters. The average molecular weight is 458 g/mol. The van der Waals surface area contributed by atoms with E-state index in [9.17, 15) is 0 Å². The Morgan fingerprint density at radius 3 is 2.62 bits per heavy atom. The van der Waals surface area contributed by atoms with E-state index in [0.717, 1.165) is 49.8 Å². The summed E-state index contributed by atoms with van der Waals surface area (Å²) in [7, 11) is 0. The second-order valence-corrected chi connectivity index (χ2v) is 8.86. The molecular weight excluding hydrogens is 438 g/mol. The summed E-state index contributed by atoms with van der Waals surface area (Å²) >= 11 is 7.56. The van der Waals surface area contributed by atoms with Crippen LogP contribution in [0, 0.1) is 6.92 Å². The summed E-state index contributed by atoms with van der Waals surface area (Å²) in [4.78, 5) is 17.8. The van der Waals surface area contributed by atoms with E-state index in [1.807, 2.05) is 30.6 Å². The maximum Gasteiger partial charge on any atom is 0.130 e. The van der Waals surface area contributed by atoms with Gasteiger partial charge in [-0.2, -0.15) is 0 Å². The van der Waals surface area contributed by atoms with Crippen LogP contribution >= 0.6 is 22.9 Å². The molecule has 5 nitrogen and oxygen atoms in total. The molecule has 0 radical (unpaired) electrons. The van der Waals surface area contributed by atoms with Gasteiger partial charge in [-0.05, 0) is 55.3 Å². The summed E-state index contributed by atoms with van der Waals surface area (Å²) in [5.74, 6) is 1.52. The third-order valence-electron chi connectivity index (χ3n) is 5.28. The van der Waals surface area contributed by atoms with Crippen molar-refractivity contribution in [1.82, 2.24) is 19.9 Å². The van der Waals surface area contributed by atoms with Gasteiger partial charge in [0.25, 0.3) is 0 Å². The lowest BCUT2D eigenvalue weighted by atomic mass is 10.0. The Balaban J connectivity index is 1.41. The Kier molecular flexibility index (Phi) is 5.55. The Morgan fingerprint density at radius 2 is 1.78 bits per heavy atom. The van der Waals surface area contributed by atoms with Crippen molar-refractivity contribution in [1.29, 1.82) is 0 Å². The maximum absolute atomic E-state index is 5.93. The minimum Gasteiger partial charge on any atom is -0.363 e. The van der Waals surface area contributed by atoms with Crippen LogP contribution in [0.25, 0.3) is 32.6 Å². The molecule has 158 valence electrons. The molecule has 0 aliphatic rings. The monoisotopic (exact) mass is 457 g/mol. The van der Waals surface area contributed by atoms with Gasteiger partial charge in [-0.15, -0.1) is 11.3 Å². The van der Waals surface area contributed by atoms with Crippen LogP contribution < -0.4 is 5.32 Å². The van der Waals surface area contributed by atoms with E-state index >= 15 is 0 Å². The molecule has 0 amide bonds. The molecule has 7 heteroatoms. The molecule has 3 heterocycles. The summed E-state index contributed by atoms with van der Waals surface area (Å²) in [5.41, 5.74) is 8.10. The van der Waals surface area contributed by atoms with E-state index in [1.165, 1.54) is 0 Å². The average Bonchev–Trinajstić information content (AvgIpc) is 3.27. The minimum atomic E-state index is 0.0568. The van der Waals surface area contributed by atoms with E-state index in [4.69, 9.17) is 11.6 Å². The van der Waals surface area contributed by atoms with Crippen molar-refractivity contribution >= 4 is 39.0 Å². The lowest BCUT2D eigenvalue weighted by Gasteiger charge is -2.17. The Hall–Kier alpha value is -3.35. The van der Waals surface area contributed by atoms with Gasteiger partial charge in [0.15, 0.2) is 0 Å². The molecule has 0 bridgehead atoms. The first kappa shape index (κ1) is 20.5. The fourth-order valence-corrected chi connectivity index (χ4v) is 4.47. The molecule has 0 aliphatic heterocycles. The summed E-state index contributed by atoms with van der Waals surface area (Å²) in [5, 5.41) is 4.02. The number of benzene rings is 2. The van der Waals surface area contributed by atoms with Gasteiger partial charge in [-0.3, -0.25) is 0 Å². The summed E-state index contributed by atoms with van der Waals surface area (Å²) in [6.45, 7) is 4.04. The number of fused-ring (bicyclic) bond motifs is 1. The van der Waals surface area contributed by atoms with Crippen LogP contribution in [0.4, 0.5) is 5.82 Å². The van der Waals surface area contributed by atoms with Crippen molar-refractivity contribution in [2.45, 2.75) is 19.9 Å². The van der Waals surface area contributed by atoms with E-state index in [-0.39, 0.29) is 6.04 Å². The number of halogens is 1. The summed E-state index contributed by atoms with van der Waals surface area (Å²) in [6.07, 6.45) is 1.79. The molecule has 1 atom stereocenters. The summed E-state index contributed by atoms with van der Waals surface area (Å²) < 4.78 is 1.15. The number of aromatic nitrogens is 4. The SMILES string of the molecule is Cc1nc(N[C@@H](C)c2cccc(-c3ccc(Cl)nc3)c2)cc(-c2ccc3ncsc3c2)n1. The smallest absolute Gasteiger partial charge is 0.130 e. The molecule has 1 N–H and O–H groups in total. The molecule has 0 saturated heterocycles. The first-order valence-corrected chi connectivity index (χ1v) is 11.5. The van der Waals surface area contributed by atoms with Crippen molar-refractivity contribution in [2.75, 3.05) is 5.32 Å². The molecule has 0 fully saturated rings. The maximum atomic E-state index is 5.93. The van der Waals surface area contributed by atoms with Gasteiger partial charge in [-0.25, -0.2) is 19.9 Å². The Labute approximate surface area is 195 Å². The second-order valence-electron chi connectivity index (χ2n) is 7.58. The van der Waals surface area contributed by atoms with Crippen LogP contribution in [-0.2, 0) is 0 Å². The Morgan fingerprint density at radius 1 is 0.906 bits per heavy atom. The number of nitrogens with one attached hydrogen (secondary N) is 1. The molecule has 5 rings (SSSR count). The van der Waals surface area contributed by atoms with E-state index in [1.54, 1.807) is 23.6 Å². The summed E-state index contributed by atoms with van der Waals surface area (Å²) in [6, 6.07) is 20.5. The quantitative estimate of drug-likeness (QED) is 0.289. The topological polar surface area (TPSA) is 63.6 Å². The second kappa shape index (κ2) is 8.65. The molecule has 5 aromatic rings. The van der Waals surface area contributed by atoms with E-state index < -0.39 is 0 Å². The zero-order chi connectivity index (χ0) is 22.1.